The molecule has 1 fully saturated rings. The number of anilines is 2. The molecule has 8 nitrogen and oxygen atoms in total. The van der Waals surface area contributed by atoms with Crippen LogP contribution in [0.3, 0.4) is 0 Å². The molecule has 1 aliphatic rings. The minimum absolute atomic E-state index is 0.0636. The van der Waals surface area contributed by atoms with Gasteiger partial charge in [0, 0.05) is 37.9 Å². The number of piperazine rings is 1. The fraction of sp³-hybridized carbons (Fsp3) is 0.222. The van der Waals surface area contributed by atoms with Crippen LogP contribution in [0.4, 0.5) is 38.0 Å². The van der Waals surface area contributed by atoms with Crippen molar-refractivity contribution in [2.24, 2.45) is 5.14 Å². The number of halogens is 6. The molecule has 2 N–H and O–H groups in total. The molecule has 0 radical (unpaired) electrons. The Balaban J connectivity index is 1.60. The lowest BCUT2D eigenvalue weighted by atomic mass is 9.98. The van der Waals surface area contributed by atoms with Gasteiger partial charge in [0.05, 0.1) is 21.7 Å². The Morgan fingerprint density at radius 3 is 1.95 bits per heavy atom. The number of aromatic nitrogens is 3. The lowest BCUT2D eigenvalue weighted by Gasteiger charge is -2.37. The van der Waals surface area contributed by atoms with Gasteiger partial charge in [-0.3, -0.25) is 0 Å². The fourth-order valence-corrected chi connectivity index (χ4v) is 5.15. The van der Waals surface area contributed by atoms with Crippen molar-refractivity contribution >= 4 is 21.7 Å². The smallest absolute Gasteiger partial charge is 0.353 e. The summed E-state index contributed by atoms with van der Waals surface area (Å²) in [4.78, 5) is 14.8. The molecule has 1 saturated heterocycles. The summed E-state index contributed by atoms with van der Waals surface area (Å²) in [7, 11) is -4.15. The third kappa shape index (κ3) is 6.16. The molecule has 0 unspecified atom stereocenters. The molecular weight excluding hydrogens is 586 g/mol. The first-order valence-electron chi connectivity index (χ1n) is 12.4. The molecular formula is C27H22F6N6O2S. The quantitative estimate of drug-likeness (QED) is 0.310. The number of benzene rings is 2. The summed E-state index contributed by atoms with van der Waals surface area (Å²) in [6.45, 7) is 0.683. The molecule has 42 heavy (non-hydrogen) atoms. The maximum Gasteiger partial charge on any atom is 0.451 e. The van der Waals surface area contributed by atoms with Crippen LogP contribution in [0.2, 0.25) is 0 Å². The van der Waals surface area contributed by atoms with E-state index in [2.05, 4.69) is 15.0 Å². The zero-order valence-corrected chi connectivity index (χ0v) is 22.4. The van der Waals surface area contributed by atoms with Crippen LogP contribution < -0.4 is 14.9 Å². The summed E-state index contributed by atoms with van der Waals surface area (Å²) >= 11 is 0. The van der Waals surface area contributed by atoms with Crippen molar-refractivity contribution in [1.29, 1.82) is 0 Å². The van der Waals surface area contributed by atoms with Gasteiger partial charge in [-0.15, -0.1) is 0 Å². The SMILES string of the molecule is NS(=O)(=O)c1cccc(-c2c(-c3ccccc3)nc(C(F)(F)F)nc2N2CCN(c3ccc(C(F)(F)F)cn3)CC2)c1. The number of hydrogen-bond donors (Lipinski definition) is 1. The van der Waals surface area contributed by atoms with E-state index in [-0.39, 0.29) is 59.5 Å². The molecule has 5 rings (SSSR count). The predicted molar refractivity (Wildman–Crippen MR) is 143 cm³/mol. The summed E-state index contributed by atoms with van der Waals surface area (Å²) in [6, 6.07) is 15.7. The Labute approximate surface area is 236 Å². The van der Waals surface area contributed by atoms with E-state index in [1.54, 1.807) is 40.1 Å². The molecule has 3 heterocycles. The van der Waals surface area contributed by atoms with Gasteiger partial charge in [-0.25, -0.2) is 28.5 Å². The fourth-order valence-electron chi connectivity index (χ4n) is 4.59. The van der Waals surface area contributed by atoms with E-state index in [0.29, 0.717) is 5.56 Å². The van der Waals surface area contributed by atoms with E-state index in [1.807, 2.05) is 0 Å². The standard InChI is InChI=1S/C27H22F6N6O2S/c28-26(29,30)19-9-10-21(35-16-19)38-11-13-39(14-12-38)24-22(18-7-4-8-20(15-18)42(34,40)41)23(17-5-2-1-3-6-17)36-25(37-24)27(31,32)33/h1-10,15-16H,11-14H2,(H2,34,40,41). The first kappa shape index (κ1) is 29.3. The van der Waals surface area contributed by atoms with Crippen molar-refractivity contribution in [3.8, 4) is 22.4 Å². The molecule has 0 bridgehead atoms. The van der Waals surface area contributed by atoms with Crippen molar-refractivity contribution in [2.45, 2.75) is 17.2 Å². The highest BCUT2D eigenvalue weighted by molar-refractivity contribution is 7.89. The van der Waals surface area contributed by atoms with Gasteiger partial charge in [0.2, 0.25) is 15.8 Å². The summed E-state index contributed by atoms with van der Waals surface area (Å²) in [5, 5.41) is 5.33. The Kier molecular flexibility index (Phi) is 7.57. The molecule has 4 aromatic rings. The van der Waals surface area contributed by atoms with Crippen LogP contribution in [0.5, 0.6) is 0 Å². The van der Waals surface area contributed by atoms with Crippen molar-refractivity contribution in [1.82, 2.24) is 15.0 Å². The number of sulfonamides is 1. The van der Waals surface area contributed by atoms with Crippen molar-refractivity contribution in [2.75, 3.05) is 36.0 Å². The van der Waals surface area contributed by atoms with Crippen LogP contribution in [0.25, 0.3) is 22.4 Å². The summed E-state index contributed by atoms with van der Waals surface area (Å²) < 4.78 is 105. The maximum atomic E-state index is 14.0. The van der Waals surface area contributed by atoms with Gasteiger partial charge in [-0.05, 0) is 29.8 Å². The van der Waals surface area contributed by atoms with Gasteiger partial charge in [0.15, 0.2) is 0 Å². The average Bonchev–Trinajstić information content (AvgIpc) is 2.96. The molecule has 2 aromatic heterocycles. The number of nitrogens with two attached hydrogens (primary N) is 1. The van der Waals surface area contributed by atoms with E-state index in [1.165, 1.54) is 30.3 Å². The van der Waals surface area contributed by atoms with E-state index < -0.39 is 33.8 Å². The van der Waals surface area contributed by atoms with Gasteiger partial charge in [-0.2, -0.15) is 26.3 Å². The van der Waals surface area contributed by atoms with Crippen LogP contribution in [0.15, 0.2) is 77.8 Å². The number of alkyl halides is 6. The van der Waals surface area contributed by atoms with Gasteiger partial charge in [-0.1, -0.05) is 42.5 Å². The predicted octanol–water partition coefficient (Wildman–Crippen LogP) is 5.22. The normalized spacial score (nSPS) is 14.7. The highest BCUT2D eigenvalue weighted by Gasteiger charge is 2.38. The highest BCUT2D eigenvalue weighted by Crippen LogP contribution is 2.41. The zero-order valence-electron chi connectivity index (χ0n) is 21.6. The highest BCUT2D eigenvalue weighted by atomic mass is 32.2. The zero-order chi connectivity index (χ0) is 30.3. The van der Waals surface area contributed by atoms with Crippen LogP contribution in [0.1, 0.15) is 11.4 Å². The Morgan fingerprint density at radius 1 is 0.738 bits per heavy atom. The second-order valence-corrected chi connectivity index (χ2v) is 11.0. The first-order chi connectivity index (χ1) is 19.7. The molecule has 0 aliphatic carbocycles. The molecule has 0 atom stereocenters. The number of rotatable bonds is 5. The van der Waals surface area contributed by atoms with Gasteiger partial charge < -0.3 is 9.80 Å². The molecule has 0 spiro atoms. The van der Waals surface area contributed by atoms with Crippen molar-refractivity contribution in [3.05, 3.63) is 84.3 Å². The number of nitrogens with zero attached hydrogens (tertiary/aromatic N) is 5. The molecule has 0 saturated carbocycles. The number of pyridine rings is 1. The van der Waals surface area contributed by atoms with Gasteiger partial charge in [0.25, 0.3) is 0 Å². The van der Waals surface area contributed by atoms with Crippen LogP contribution in [-0.4, -0.2) is 49.5 Å². The Hall–Kier alpha value is -4.24. The number of primary sulfonamides is 1. The average molecular weight is 609 g/mol. The second-order valence-electron chi connectivity index (χ2n) is 9.41. The van der Waals surface area contributed by atoms with Crippen LogP contribution in [-0.2, 0) is 22.4 Å². The largest absolute Gasteiger partial charge is 0.451 e. The molecule has 1 aliphatic heterocycles. The van der Waals surface area contributed by atoms with Gasteiger partial charge in [0.1, 0.15) is 11.6 Å². The third-order valence-electron chi connectivity index (χ3n) is 6.62. The monoisotopic (exact) mass is 608 g/mol. The Morgan fingerprint density at radius 2 is 1.38 bits per heavy atom. The Bertz CT molecular complexity index is 1690. The van der Waals surface area contributed by atoms with Crippen LogP contribution in [0, 0.1) is 0 Å². The summed E-state index contributed by atoms with van der Waals surface area (Å²) in [5.41, 5.74) is -0.219. The van der Waals surface area contributed by atoms with Crippen molar-refractivity contribution in [3.63, 3.8) is 0 Å². The molecule has 0 amide bonds. The molecule has 15 heteroatoms. The lowest BCUT2D eigenvalue weighted by Crippen LogP contribution is -2.47. The topological polar surface area (TPSA) is 105 Å². The first-order valence-corrected chi connectivity index (χ1v) is 14.0. The minimum atomic E-state index is -4.90. The third-order valence-corrected chi connectivity index (χ3v) is 7.53. The van der Waals surface area contributed by atoms with E-state index >= 15 is 0 Å². The van der Waals surface area contributed by atoms with Crippen molar-refractivity contribution < 1.29 is 34.8 Å². The van der Waals surface area contributed by atoms with Crippen LogP contribution >= 0.6 is 0 Å². The van der Waals surface area contributed by atoms with E-state index in [4.69, 9.17) is 5.14 Å². The van der Waals surface area contributed by atoms with Gasteiger partial charge >= 0.3 is 12.4 Å². The maximum absolute atomic E-state index is 14.0. The summed E-state index contributed by atoms with van der Waals surface area (Å²) in [6.07, 6.45) is -8.71. The number of hydrogen-bond acceptors (Lipinski definition) is 7. The summed E-state index contributed by atoms with van der Waals surface area (Å²) in [5.74, 6) is -1.18. The minimum Gasteiger partial charge on any atom is -0.353 e. The second kappa shape index (κ2) is 10.9. The molecule has 220 valence electrons. The molecule has 2 aromatic carbocycles. The van der Waals surface area contributed by atoms with E-state index in [9.17, 15) is 34.8 Å². The van der Waals surface area contributed by atoms with E-state index in [0.717, 1.165) is 12.3 Å². The lowest BCUT2D eigenvalue weighted by molar-refractivity contribution is -0.144.